The molecule has 1 aliphatic heterocycles. The van der Waals surface area contributed by atoms with Crippen LogP contribution >= 0.6 is 0 Å². The minimum Gasteiger partial charge on any atom is -0.493 e. The van der Waals surface area contributed by atoms with Crippen molar-refractivity contribution in [1.29, 1.82) is 0 Å². The van der Waals surface area contributed by atoms with E-state index in [-0.39, 0.29) is 66.1 Å². The van der Waals surface area contributed by atoms with Crippen LogP contribution in [0.2, 0.25) is 0 Å². The summed E-state index contributed by atoms with van der Waals surface area (Å²) in [6, 6.07) is 6.03. The topological polar surface area (TPSA) is 179 Å². The van der Waals surface area contributed by atoms with Crippen LogP contribution in [0.5, 0.6) is 23.0 Å². The van der Waals surface area contributed by atoms with Gasteiger partial charge in [0, 0.05) is 25.2 Å². The van der Waals surface area contributed by atoms with E-state index >= 15 is 0 Å². The van der Waals surface area contributed by atoms with E-state index in [1.54, 1.807) is 19.9 Å². The van der Waals surface area contributed by atoms with Gasteiger partial charge in [0.2, 0.25) is 11.7 Å². The van der Waals surface area contributed by atoms with Gasteiger partial charge in [-0.2, -0.15) is 4.98 Å². The molecule has 0 fully saturated rings. The molecule has 0 saturated heterocycles. The Kier molecular flexibility index (Phi) is 9.62. The van der Waals surface area contributed by atoms with Crippen molar-refractivity contribution < 1.29 is 42.8 Å². The number of methoxy groups -OCH3 is 3. The van der Waals surface area contributed by atoms with Crippen molar-refractivity contribution in [2.75, 3.05) is 63.2 Å². The van der Waals surface area contributed by atoms with Gasteiger partial charge in [0.25, 0.3) is 5.91 Å². The van der Waals surface area contributed by atoms with E-state index in [2.05, 4.69) is 30.9 Å². The molecule has 0 aliphatic carbocycles. The third-order valence-electron chi connectivity index (χ3n) is 6.06. The molecular formula is C27H32FN7O8. The number of carbonyl (C=O) groups excluding carboxylic acids is 2. The van der Waals surface area contributed by atoms with Crippen LogP contribution in [0.15, 0.2) is 30.5 Å². The van der Waals surface area contributed by atoms with Gasteiger partial charge in [0.15, 0.2) is 40.3 Å². The number of hydrogen-bond acceptors (Lipinski definition) is 13. The highest BCUT2D eigenvalue weighted by molar-refractivity contribution is 5.99. The number of aliphatic hydroxyl groups is 1. The highest BCUT2D eigenvalue weighted by atomic mass is 19.1. The Morgan fingerprint density at radius 2 is 1.84 bits per heavy atom. The maximum absolute atomic E-state index is 15.0. The summed E-state index contributed by atoms with van der Waals surface area (Å²) in [6.07, 6.45) is -0.0237. The zero-order valence-electron chi connectivity index (χ0n) is 24.2. The first-order chi connectivity index (χ1) is 20.6. The quantitative estimate of drug-likeness (QED) is 0.223. The number of pyridine rings is 1. The predicted octanol–water partition coefficient (Wildman–Crippen LogP) is 2.75. The number of benzene rings is 1. The zero-order chi connectivity index (χ0) is 31.1. The minimum absolute atomic E-state index is 0.0598. The number of nitrogens with one attached hydrogen (secondary N) is 3. The highest BCUT2D eigenvalue weighted by Gasteiger charge is 2.36. The molecule has 2 amide bonds. The summed E-state index contributed by atoms with van der Waals surface area (Å²) >= 11 is 0. The average Bonchev–Trinajstić information content (AvgIpc) is 2.98. The lowest BCUT2D eigenvalue weighted by Gasteiger charge is -2.30. The van der Waals surface area contributed by atoms with Gasteiger partial charge >= 0.3 is 6.09 Å². The first-order valence-electron chi connectivity index (χ1n) is 13.0. The van der Waals surface area contributed by atoms with Crippen molar-refractivity contribution in [3.8, 4) is 23.0 Å². The number of amides is 2. The smallest absolute Gasteiger partial charge is 0.421 e. The van der Waals surface area contributed by atoms with Crippen LogP contribution < -0.4 is 39.8 Å². The Morgan fingerprint density at radius 3 is 2.49 bits per heavy atom. The van der Waals surface area contributed by atoms with Crippen molar-refractivity contribution in [2.45, 2.75) is 19.4 Å². The first kappa shape index (κ1) is 31.0. The monoisotopic (exact) mass is 601 g/mol. The van der Waals surface area contributed by atoms with Gasteiger partial charge in [0.05, 0.1) is 39.8 Å². The number of aliphatic hydroxyl groups excluding tert-OH is 1. The second-order valence-electron chi connectivity index (χ2n) is 9.41. The molecule has 3 aromatic rings. The van der Waals surface area contributed by atoms with Crippen LogP contribution in [0, 0.1) is 5.82 Å². The Morgan fingerprint density at radius 1 is 1.12 bits per heavy atom. The van der Waals surface area contributed by atoms with Crippen molar-refractivity contribution in [2.24, 2.45) is 0 Å². The van der Waals surface area contributed by atoms with Gasteiger partial charge in [-0.05, 0) is 26.0 Å². The Hall–Kier alpha value is -4.96. The van der Waals surface area contributed by atoms with Gasteiger partial charge in [-0.3, -0.25) is 4.79 Å². The number of nitrogens with zero attached hydrogens (tertiary/aromatic N) is 4. The van der Waals surface area contributed by atoms with Crippen LogP contribution in [-0.4, -0.2) is 85.3 Å². The molecule has 16 heteroatoms. The van der Waals surface area contributed by atoms with Crippen molar-refractivity contribution in [3.05, 3.63) is 36.3 Å². The molecule has 3 heterocycles. The third kappa shape index (κ3) is 6.92. The molecule has 2 aromatic heterocycles. The molecule has 0 unspecified atom stereocenters. The molecule has 0 radical (unpaired) electrons. The standard InChI is InChI=1S/C27H32FN7O8/c1-27(2)24(37)33-23-17(43-27)6-7-20(32-23)31-22-16(28)14-30-25(34-22)35(26(38)42-11-9-29-8-10-36)15-12-18(39-3)21(41-5)19(13-15)40-4/h6-7,12-14,29,36H,8-11H2,1-5H3,(H2,30,31,32,33,34,37). The molecule has 0 saturated carbocycles. The van der Waals surface area contributed by atoms with Gasteiger partial charge in [-0.15, -0.1) is 0 Å². The van der Waals surface area contributed by atoms with E-state index in [0.29, 0.717) is 12.3 Å². The number of anilines is 5. The number of rotatable bonds is 12. The third-order valence-corrected chi connectivity index (χ3v) is 6.06. The molecule has 1 aliphatic rings. The lowest BCUT2D eigenvalue weighted by atomic mass is 10.1. The number of fused-ring (bicyclic) bond motifs is 1. The SMILES string of the molecule is COc1cc(N(C(=O)OCCNCCO)c2ncc(F)c(Nc3ccc4c(n3)NC(=O)C(C)(C)O4)n2)cc(OC)c1OC. The van der Waals surface area contributed by atoms with Crippen LogP contribution in [-0.2, 0) is 9.53 Å². The van der Waals surface area contributed by atoms with E-state index < -0.39 is 23.4 Å². The molecule has 15 nitrogen and oxygen atoms in total. The predicted molar refractivity (Wildman–Crippen MR) is 152 cm³/mol. The molecule has 0 bridgehead atoms. The Balaban J connectivity index is 1.70. The number of carbonyl (C=O) groups is 2. The average molecular weight is 602 g/mol. The van der Waals surface area contributed by atoms with E-state index in [1.165, 1.54) is 39.5 Å². The van der Waals surface area contributed by atoms with Gasteiger partial charge < -0.3 is 44.7 Å². The fraction of sp³-hybridized carbons (Fsp3) is 0.370. The summed E-state index contributed by atoms with van der Waals surface area (Å²) in [4.78, 5) is 39.2. The molecular weight excluding hydrogens is 569 g/mol. The summed E-state index contributed by atoms with van der Waals surface area (Å²) in [5, 5.41) is 17.3. The Labute approximate surface area is 246 Å². The largest absolute Gasteiger partial charge is 0.493 e. The minimum atomic E-state index is -1.09. The van der Waals surface area contributed by atoms with E-state index in [0.717, 1.165) is 11.1 Å². The maximum Gasteiger partial charge on any atom is 0.421 e. The van der Waals surface area contributed by atoms with Crippen LogP contribution in [0.1, 0.15) is 13.8 Å². The van der Waals surface area contributed by atoms with E-state index in [1.807, 2.05) is 0 Å². The molecule has 1 aromatic carbocycles. The summed E-state index contributed by atoms with van der Waals surface area (Å²) in [5.74, 6) is -0.500. The number of halogens is 1. The fourth-order valence-corrected chi connectivity index (χ4v) is 3.92. The second kappa shape index (κ2) is 13.3. The highest BCUT2D eigenvalue weighted by Crippen LogP contribution is 2.42. The molecule has 43 heavy (non-hydrogen) atoms. The lowest BCUT2D eigenvalue weighted by Crippen LogP contribution is -2.46. The normalized spacial score (nSPS) is 13.2. The molecule has 230 valence electrons. The van der Waals surface area contributed by atoms with E-state index in [4.69, 9.17) is 28.8 Å². The fourth-order valence-electron chi connectivity index (χ4n) is 3.92. The van der Waals surface area contributed by atoms with Crippen LogP contribution in [0.4, 0.5) is 38.3 Å². The number of ether oxygens (including phenoxy) is 5. The summed E-state index contributed by atoms with van der Waals surface area (Å²) in [5.41, 5.74) is -0.924. The van der Waals surface area contributed by atoms with Gasteiger partial charge in [-0.1, -0.05) is 0 Å². The van der Waals surface area contributed by atoms with Gasteiger partial charge in [-0.25, -0.2) is 24.1 Å². The molecule has 0 atom stereocenters. The summed E-state index contributed by atoms with van der Waals surface area (Å²) in [6.45, 7) is 3.66. The number of hydrogen-bond donors (Lipinski definition) is 4. The van der Waals surface area contributed by atoms with Crippen molar-refractivity contribution >= 4 is 41.1 Å². The molecule has 0 spiro atoms. The zero-order valence-corrected chi connectivity index (χ0v) is 24.2. The summed E-state index contributed by atoms with van der Waals surface area (Å²) < 4.78 is 42.3. The molecule has 4 N–H and O–H groups in total. The molecule has 4 rings (SSSR count). The lowest BCUT2D eigenvalue weighted by molar-refractivity contribution is -0.129. The van der Waals surface area contributed by atoms with Crippen molar-refractivity contribution in [1.82, 2.24) is 20.3 Å². The van der Waals surface area contributed by atoms with Crippen LogP contribution in [0.25, 0.3) is 0 Å². The van der Waals surface area contributed by atoms with Crippen LogP contribution in [0.3, 0.4) is 0 Å². The number of aromatic nitrogens is 3. The second-order valence-corrected chi connectivity index (χ2v) is 9.41. The summed E-state index contributed by atoms with van der Waals surface area (Å²) in [7, 11) is 4.25. The Bertz CT molecular complexity index is 1460. The van der Waals surface area contributed by atoms with Crippen molar-refractivity contribution in [3.63, 3.8) is 0 Å². The van der Waals surface area contributed by atoms with Gasteiger partial charge in [0.1, 0.15) is 12.4 Å². The maximum atomic E-state index is 15.0. The first-order valence-corrected chi connectivity index (χ1v) is 13.0. The van der Waals surface area contributed by atoms with E-state index in [9.17, 15) is 14.0 Å².